The van der Waals surface area contributed by atoms with E-state index in [1.54, 1.807) is 12.3 Å². The van der Waals surface area contributed by atoms with E-state index in [4.69, 9.17) is 0 Å². The van der Waals surface area contributed by atoms with Gasteiger partial charge in [-0.3, -0.25) is 14.6 Å². The first-order valence-electron chi connectivity index (χ1n) is 10.2. The predicted molar refractivity (Wildman–Crippen MR) is 118 cm³/mol. The van der Waals surface area contributed by atoms with Crippen molar-refractivity contribution in [2.75, 3.05) is 11.9 Å². The van der Waals surface area contributed by atoms with Gasteiger partial charge in [-0.25, -0.2) is 0 Å². The van der Waals surface area contributed by atoms with Gasteiger partial charge in [0.15, 0.2) is 5.78 Å². The van der Waals surface area contributed by atoms with Crippen molar-refractivity contribution in [2.45, 2.75) is 39.5 Å². The normalized spacial score (nSPS) is 10.7. The number of fused-ring (bicyclic) bond motifs is 1. The van der Waals surface area contributed by atoms with Crippen LogP contribution in [0.2, 0.25) is 0 Å². The maximum absolute atomic E-state index is 12.7. The van der Waals surface area contributed by atoms with E-state index < -0.39 is 0 Å². The van der Waals surface area contributed by atoms with E-state index in [1.807, 2.05) is 49.4 Å². The first-order chi connectivity index (χ1) is 14.1. The molecule has 0 fully saturated rings. The second-order valence-corrected chi connectivity index (χ2v) is 7.05. The van der Waals surface area contributed by atoms with Crippen LogP contribution >= 0.6 is 0 Å². The van der Waals surface area contributed by atoms with Gasteiger partial charge < -0.3 is 10.6 Å². The maximum Gasteiger partial charge on any atom is 0.251 e. The average Bonchev–Trinajstić information content (AvgIpc) is 2.74. The molecule has 0 radical (unpaired) electrons. The van der Waals surface area contributed by atoms with Crippen LogP contribution in [0.1, 0.15) is 60.2 Å². The molecular formula is C24H27N3O2. The Morgan fingerprint density at radius 1 is 1.00 bits per heavy atom. The molecule has 0 bridgehead atoms. The highest BCUT2D eigenvalue weighted by atomic mass is 16.1. The highest BCUT2D eigenvalue weighted by Gasteiger charge is 2.17. The maximum atomic E-state index is 12.7. The molecule has 0 aliphatic rings. The third-order valence-electron chi connectivity index (χ3n) is 4.77. The van der Waals surface area contributed by atoms with Crippen LogP contribution in [0.3, 0.4) is 0 Å². The van der Waals surface area contributed by atoms with Gasteiger partial charge in [0.05, 0.1) is 16.8 Å². The molecule has 29 heavy (non-hydrogen) atoms. The number of hydrogen-bond acceptors (Lipinski definition) is 4. The lowest BCUT2D eigenvalue weighted by atomic mass is 10.0. The first kappa shape index (κ1) is 20.5. The molecule has 5 nitrogen and oxygen atoms in total. The second-order valence-electron chi connectivity index (χ2n) is 7.05. The van der Waals surface area contributed by atoms with Crippen molar-refractivity contribution >= 4 is 34.0 Å². The van der Waals surface area contributed by atoms with Crippen LogP contribution in [0, 0.1) is 0 Å². The zero-order valence-electron chi connectivity index (χ0n) is 17.0. The van der Waals surface area contributed by atoms with Crippen LogP contribution < -0.4 is 10.6 Å². The summed E-state index contributed by atoms with van der Waals surface area (Å²) in [4.78, 5) is 29.7. The lowest BCUT2D eigenvalue weighted by Crippen LogP contribution is -2.24. The molecule has 0 saturated carbocycles. The van der Waals surface area contributed by atoms with Gasteiger partial charge in [0.2, 0.25) is 0 Å². The van der Waals surface area contributed by atoms with E-state index in [0.717, 1.165) is 35.9 Å². The minimum absolute atomic E-state index is 0.0399. The Bertz CT molecular complexity index is 1000. The number of hydrogen-bond donors (Lipinski definition) is 2. The van der Waals surface area contributed by atoms with Crippen molar-refractivity contribution < 1.29 is 9.59 Å². The van der Waals surface area contributed by atoms with Gasteiger partial charge in [0, 0.05) is 35.8 Å². The highest BCUT2D eigenvalue weighted by molar-refractivity contribution is 6.10. The monoisotopic (exact) mass is 389 g/mol. The lowest BCUT2D eigenvalue weighted by molar-refractivity contribution is 0.0951. The lowest BCUT2D eigenvalue weighted by Gasteiger charge is -2.15. The molecule has 3 rings (SSSR count). The number of rotatable bonds is 9. The number of amides is 1. The summed E-state index contributed by atoms with van der Waals surface area (Å²) < 4.78 is 0. The Kier molecular flexibility index (Phi) is 6.95. The van der Waals surface area contributed by atoms with E-state index in [-0.39, 0.29) is 11.7 Å². The quantitative estimate of drug-likeness (QED) is 0.375. The standard InChI is InChI=1S/C24H27N3O2/c1-3-5-14-25-24(29)17-12-13-21-19(15-17)23(27-18-10-7-6-8-11-18)20(16-26-21)22(28)9-4-2/h6-8,10-13,15-16H,3-5,9,14H2,1-2H3,(H,25,29)(H,26,27). The van der Waals surface area contributed by atoms with Crippen LogP contribution in [0.4, 0.5) is 11.4 Å². The highest BCUT2D eigenvalue weighted by Crippen LogP contribution is 2.31. The summed E-state index contributed by atoms with van der Waals surface area (Å²) in [5.74, 6) is -0.0746. The fourth-order valence-corrected chi connectivity index (χ4v) is 3.19. The number of nitrogens with zero attached hydrogens (tertiary/aromatic N) is 1. The Labute approximate surface area is 171 Å². The Hall–Kier alpha value is -3.21. The summed E-state index contributed by atoms with van der Waals surface area (Å²) >= 11 is 0. The third kappa shape index (κ3) is 4.99. The van der Waals surface area contributed by atoms with E-state index in [1.165, 1.54) is 0 Å². The van der Waals surface area contributed by atoms with E-state index >= 15 is 0 Å². The number of ketones is 1. The zero-order valence-corrected chi connectivity index (χ0v) is 17.0. The van der Waals surface area contributed by atoms with E-state index in [9.17, 15) is 9.59 Å². The summed E-state index contributed by atoms with van der Waals surface area (Å²) in [6.45, 7) is 4.72. The SMILES string of the molecule is CCCCNC(=O)c1ccc2ncc(C(=O)CCC)c(Nc3ccccc3)c2c1. The molecule has 3 aromatic rings. The van der Waals surface area contributed by atoms with Crippen molar-refractivity contribution in [3.63, 3.8) is 0 Å². The minimum atomic E-state index is -0.115. The summed E-state index contributed by atoms with van der Waals surface area (Å²) in [7, 11) is 0. The molecule has 5 heteroatoms. The molecule has 1 heterocycles. The molecule has 0 aliphatic heterocycles. The Morgan fingerprint density at radius 2 is 1.79 bits per heavy atom. The number of pyridine rings is 1. The summed E-state index contributed by atoms with van der Waals surface area (Å²) in [5, 5.41) is 7.09. The Balaban J connectivity index is 2.07. The molecule has 0 atom stereocenters. The van der Waals surface area contributed by atoms with Crippen molar-refractivity contribution in [1.29, 1.82) is 0 Å². The van der Waals surface area contributed by atoms with Crippen LogP contribution in [-0.2, 0) is 0 Å². The van der Waals surface area contributed by atoms with Crippen molar-refractivity contribution in [3.8, 4) is 0 Å². The Morgan fingerprint density at radius 3 is 2.52 bits per heavy atom. The van der Waals surface area contributed by atoms with Gasteiger partial charge in [0.25, 0.3) is 5.91 Å². The molecule has 150 valence electrons. The van der Waals surface area contributed by atoms with Gasteiger partial charge in [-0.1, -0.05) is 38.5 Å². The molecular weight excluding hydrogens is 362 g/mol. The van der Waals surface area contributed by atoms with Gasteiger partial charge in [-0.2, -0.15) is 0 Å². The largest absolute Gasteiger partial charge is 0.354 e. The van der Waals surface area contributed by atoms with Crippen molar-refractivity contribution in [1.82, 2.24) is 10.3 Å². The van der Waals surface area contributed by atoms with Crippen molar-refractivity contribution in [2.24, 2.45) is 0 Å². The smallest absolute Gasteiger partial charge is 0.251 e. The number of nitrogens with one attached hydrogen (secondary N) is 2. The third-order valence-corrected chi connectivity index (χ3v) is 4.77. The number of Topliss-reactive ketones (excluding diaryl/α,β-unsaturated/α-hetero) is 1. The number of benzene rings is 2. The number of carbonyl (C=O) groups excluding carboxylic acids is 2. The summed E-state index contributed by atoms with van der Waals surface area (Å²) in [6, 6.07) is 15.1. The molecule has 1 aromatic heterocycles. The molecule has 0 spiro atoms. The van der Waals surface area contributed by atoms with E-state index in [2.05, 4.69) is 22.5 Å². The topological polar surface area (TPSA) is 71.1 Å². The van der Waals surface area contributed by atoms with Gasteiger partial charge in [-0.05, 0) is 43.2 Å². The molecule has 1 amide bonds. The number of carbonyl (C=O) groups is 2. The van der Waals surface area contributed by atoms with E-state index in [0.29, 0.717) is 29.8 Å². The van der Waals surface area contributed by atoms with Gasteiger partial charge >= 0.3 is 0 Å². The van der Waals surface area contributed by atoms with Gasteiger partial charge in [0.1, 0.15) is 0 Å². The van der Waals surface area contributed by atoms with Crippen molar-refractivity contribution in [3.05, 3.63) is 65.9 Å². The fraction of sp³-hybridized carbons (Fsp3) is 0.292. The molecule has 0 aliphatic carbocycles. The minimum Gasteiger partial charge on any atom is -0.354 e. The number of anilines is 2. The zero-order chi connectivity index (χ0) is 20.6. The van der Waals surface area contributed by atoms with Crippen LogP contribution in [-0.4, -0.2) is 23.2 Å². The number of para-hydroxylation sites is 1. The number of unbranched alkanes of at least 4 members (excludes halogenated alkanes) is 1. The molecule has 2 N–H and O–H groups in total. The van der Waals surface area contributed by atoms with Crippen LogP contribution in [0.5, 0.6) is 0 Å². The first-order valence-corrected chi connectivity index (χ1v) is 10.2. The van der Waals surface area contributed by atoms with Crippen LogP contribution in [0.25, 0.3) is 10.9 Å². The van der Waals surface area contributed by atoms with Gasteiger partial charge in [-0.15, -0.1) is 0 Å². The second kappa shape index (κ2) is 9.82. The number of aromatic nitrogens is 1. The molecule has 0 saturated heterocycles. The van der Waals surface area contributed by atoms with Crippen LogP contribution in [0.15, 0.2) is 54.7 Å². The molecule has 2 aromatic carbocycles. The predicted octanol–water partition coefficient (Wildman–Crippen LogP) is 5.49. The molecule has 0 unspecified atom stereocenters. The summed E-state index contributed by atoms with van der Waals surface area (Å²) in [5.41, 5.74) is 3.42. The fourth-order valence-electron chi connectivity index (χ4n) is 3.19. The summed E-state index contributed by atoms with van der Waals surface area (Å²) in [6.07, 6.45) is 4.81. The average molecular weight is 389 g/mol.